The minimum absolute atomic E-state index is 0.147. The van der Waals surface area contributed by atoms with Crippen molar-refractivity contribution < 1.29 is 0 Å². The zero-order valence-corrected chi connectivity index (χ0v) is 25.5. The monoisotopic (exact) mass is 566 g/mol. The van der Waals surface area contributed by atoms with E-state index < -0.39 is 0 Å². The van der Waals surface area contributed by atoms with Crippen molar-refractivity contribution in [3.05, 3.63) is 160 Å². The van der Waals surface area contributed by atoms with E-state index in [1.165, 1.54) is 50.5 Å². The molecular formula is C39H42N4. The number of benzene rings is 4. The summed E-state index contributed by atoms with van der Waals surface area (Å²) in [5.41, 5.74) is 23.6. The van der Waals surface area contributed by atoms with E-state index >= 15 is 0 Å². The van der Waals surface area contributed by atoms with Gasteiger partial charge in [0.25, 0.3) is 0 Å². The molecule has 218 valence electrons. The van der Waals surface area contributed by atoms with Crippen LogP contribution in [0, 0.1) is 5.41 Å². The fourth-order valence-corrected chi connectivity index (χ4v) is 6.57. The summed E-state index contributed by atoms with van der Waals surface area (Å²) in [6.07, 6.45) is 7.12. The molecule has 4 N–H and O–H groups in total. The van der Waals surface area contributed by atoms with E-state index in [0.29, 0.717) is 6.54 Å². The second kappa shape index (κ2) is 12.0. The predicted molar refractivity (Wildman–Crippen MR) is 182 cm³/mol. The van der Waals surface area contributed by atoms with E-state index in [4.69, 9.17) is 5.73 Å². The molecule has 2 aliphatic rings. The summed E-state index contributed by atoms with van der Waals surface area (Å²) in [5.74, 6) is 0. The zero-order valence-electron chi connectivity index (χ0n) is 25.5. The minimum Gasteiger partial charge on any atom is -0.401 e. The lowest BCUT2D eigenvalue weighted by Gasteiger charge is -2.35. The largest absolute Gasteiger partial charge is 0.401 e. The molecule has 0 aromatic heterocycles. The smallest absolute Gasteiger partial charge is 0.0613 e. The third-order valence-electron chi connectivity index (χ3n) is 9.23. The predicted octanol–water partition coefficient (Wildman–Crippen LogP) is 8.23. The summed E-state index contributed by atoms with van der Waals surface area (Å²) in [6.45, 7) is 11.4. The first kappa shape index (κ1) is 28.6. The highest BCUT2D eigenvalue weighted by Crippen LogP contribution is 2.39. The summed E-state index contributed by atoms with van der Waals surface area (Å²) in [6, 6.07) is 34.8. The van der Waals surface area contributed by atoms with Crippen LogP contribution in [0.15, 0.2) is 133 Å². The maximum absolute atomic E-state index is 6.89. The highest BCUT2D eigenvalue weighted by atomic mass is 15.5. The maximum Gasteiger partial charge on any atom is 0.0613 e. The second-order valence-electron chi connectivity index (χ2n) is 12.3. The minimum atomic E-state index is -0.311. The Hall–Kier alpha value is -4.54. The second-order valence-corrected chi connectivity index (χ2v) is 12.3. The van der Waals surface area contributed by atoms with Gasteiger partial charge >= 0.3 is 0 Å². The van der Waals surface area contributed by atoms with Crippen molar-refractivity contribution in [1.29, 1.82) is 0 Å². The summed E-state index contributed by atoms with van der Waals surface area (Å²) >= 11 is 0. The Morgan fingerprint density at radius 3 is 2.02 bits per heavy atom. The van der Waals surface area contributed by atoms with Crippen molar-refractivity contribution >= 4 is 17.1 Å². The first-order valence-corrected chi connectivity index (χ1v) is 15.3. The lowest BCUT2D eigenvalue weighted by molar-refractivity contribution is 0.536. The van der Waals surface area contributed by atoms with Gasteiger partial charge in [-0.3, -0.25) is 5.01 Å². The van der Waals surface area contributed by atoms with Gasteiger partial charge in [-0.25, -0.2) is 5.43 Å². The highest BCUT2D eigenvalue weighted by molar-refractivity contribution is 5.73. The molecule has 1 unspecified atom stereocenters. The Labute approximate surface area is 256 Å². The lowest BCUT2D eigenvalue weighted by Crippen LogP contribution is -2.40. The molecule has 0 spiro atoms. The van der Waals surface area contributed by atoms with Gasteiger partial charge in [-0.15, -0.1) is 0 Å². The van der Waals surface area contributed by atoms with Crippen LogP contribution in [0.25, 0.3) is 0 Å². The number of rotatable bonds is 7. The van der Waals surface area contributed by atoms with Gasteiger partial charge in [-0.2, -0.15) is 0 Å². The van der Waals surface area contributed by atoms with Crippen LogP contribution < -0.4 is 21.5 Å². The van der Waals surface area contributed by atoms with Crippen molar-refractivity contribution in [1.82, 2.24) is 5.43 Å². The Kier molecular flexibility index (Phi) is 7.96. The van der Waals surface area contributed by atoms with Crippen LogP contribution in [0.4, 0.5) is 17.1 Å². The van der Waals surface area contributed by atoms with Crippen molar-refractivity contribution in [2.45, 2.75) is 46.1 Å². The average Bonchev–Trinajstić information content (AvgIpc) is 3.00. The molecule has 4 heteroatoms. The fourth-order valence-electron chi connectivity index (χ4n) is 6.57. The maximum atomic E-state index is 6.89. The van der Waals surface area contributed by atoms with E-state index in [-0.39, 0.29) is 11.5 Å². The SMILES string of the molecule is C=C/C(=C(/N)CNN1c2ccccc2Cc2ccccc21)C(C)(C)/C(C)=C/C1Cc2ccccc2Cc2ccccc2N1. The Morgan fingerprint density at radius 1 is 0.837 bits per heavy atom. The Balaban J connectivity index is 1.28. The summed E-state index contributed by atoms with van der Waals surface area (Å²) in [4.78, 5) is 0. The van der Waals surface area contributed by atoms with Crippen LogP contribution >= 0.6 is 0 Å². The number of nitrogens with two attached hydrogens (primary N) is 1. The van der Waals surface area contributed by atoms with Gasteiger partial charge in [0.15, 0.2) is 0 Å². The van der Waals surface area contributed by atoms with Crippen LogP contribution in [-0.2, 0) is 19.3 Å². The molecule has 4 aromatic rings. The van der Waals surface area contributed by atoms with Gasteiger partial charge in [0, 0.05) is 29.3 Å². The van der Waals surface area contributed by atoms with Crippen LogP contribution in [0.1, 0.15) is 48.6 Å². The molecule has 4 nitrogen and oxygen atoms in total. The topological polar surface area (TPSA) is 53.3 Å². The molecule has 0 saturated carbocycles. The standard InChI is InChI=1S/C39H42N4/c1-5-34(35(40)26-41-43-37-20-12-9-17-31(37)24-32-18-10-13-21-38(32)43)39(3,4)27(2)22-33-25-29-15-7-6-14-28(29)23-30-16-8-11-19-36(30)42-33/h5-22,33,41-42H,1,23-26,40H2,2-4H3/b27-22+,35-34-. The molecular weight excluding hydrogens is 524 g/mol. The Morgan fingerprint density at radius 2 is 1.37 bits per heavy atom. The first-order chi connectivity index (χ1) is 20.8. The molecule has 0 radical (unpaired) electrons. The van der Waals surface area contributed by atoms with Crippen molar-refractivity contribution in [3.8, 4) is 0 Å². The van der Waals surface area contributed by atoms with Gasteiger partial charge in [-0.05, 0) is 71.4 Å². The zero-order chi connectivity index (χ0) is 30.0. The molecule has 2 aliphatic heterocycles. The molecule has 0 saturated heterocycles. The number of hydrazine groups is 1. The summed E-state index contributed by atoms with van der Waals surface area (Å²) in [7, 11) is 0. The quantitative estimate of drug-likeness (QED) is 0.156. The van der Waals surface area contributed by atoms with E-state index in [1.807, 2.05) is 6.08 Å². The van der Waals surface area contributed by atoms with Crippen LogP contribution in [-0.4, -0.2) is 12.6 Å². The summed E-state index contributed by atoms with van der Waals surface area (Å²) in [5, 5.41) is 6.03. The van der Waals surface area contributed by atoms with Gasteiger partial charge < -0.3 is 11.1 Å². The van der Waals surface area contributed by atoms with Crippen molar-refractivity contribution in [2.24, 2.45) is 11.1 Å². The molecule has 6 rings (SSSR count). The lowest BCUT2D eigenvalue weighted by atomic mass is 9.75. The number of para-hydroxylation sites is 3. The van der Waals surface area contributed by atoms with Crippen LogP contribution in [0.2, 0.25) is 0 Å². The Bertz CT molecular complexity index is 1620. The molecule has 0 aliphatic carbocycles. The van der Waals surface area contributed by atoms with Gasteiger partial charge in [0.1, 0.15) is 0 Å². The van der Waals surface area contributed by atoms with E-state index in [2.05, 4.69) is 146 Å². The normalized spacial score (nSPS) is 16.8. The molecule has 1 atom stereocenters. The van der Waals surface area contributed by atoms with E-state index in [0.717, 1.165) is 30.5 Å². The number of anilines is 3. The number of fused-ring (bicyclic) bond motifs is 4. The number of hydrogen-bond donors (Lipinski definition) is 3. The summed E-state index contributed by atoms with van der Waals surface area (Å²) < 4.78 is 0. The van der Waals surface area contributed by atoms with E-state index in [1.54, 1.807) is 0 Å². The number of nitrogens with one attached hydrogen (secondary N) is 2. The van der Waals surface area contributed by atoms with Gasteiger partial charge in [0.2, 0.25) is 0 Å². The van der Waals surface area contributed by atoms with Gasteiger partial charge in [-0.1, -0.05) is 117 Å². The molecule has 0 fully saturated rings. The third-order valence-corrected chi connectivity index (χ3v) is 9.23. The highest BCUT2D eigenvalue weighted by Gasteiger charge is 2.28. The van der Waals surface area contributed by atoms with Crippen molar-refractivity contribution in [2.75, 3.05) is 16.9 Å². The number of hydrogen-bond acceptors (Lipinski definition) is 4. The third kappa shape index (κ3) is 5.76. The molecule has 0 amide bonds. The number of nitrogens with zero attached hydrogens (tertiary/aromatic N) is 1. The average molecular weight is 567 g/mol. The first-order valence-electron chi connectivity index (χ1n) is 15.3. The van der Waals surface area contributed by atoms with Crippen LogP contribution in [0.5, 0.6) is 0 Å². The molecule has 43 heavy (non-hydrogen) atoms. The number of allylic oxidation sites excluding steroid dienone is 3. The van der Waals surface area contributed by atoms with Gasteiger partial charge in [0.05, 0.1) is 17.9 Å². The fraction of sp³-hybridized carbons (Fsp3) is 0.231. The van der Waals surface area contributed by atoms with Crippen LogP contribution in [0.3, 0.4) is 0 Å². The van der Waals surface area contributed by atoms with Crippen molar-refractivity contribution in [3.63, 3.8) is 0 Å². The molecule has 4 aromatic carbocycles. The molecule has 2 heterocycles. The van der Waals surface area contributed by atoms with E-state index in [9.17, 15) is 0 Å². The molecule has 0 bridgehead atoms.